The predicted molar refractivity (Wildman–Crippen MR) is 119 cm³/mol. The molecule has 2 unspecified atom stereocenters. The number of aliphatic carboxylic acids is 1. The molecule has 0 saturated heterocycles. The molecule has 2 aromatic carbocycles. The average molecular weight is 432 g/mol. The van der Waals surface area contributed by atoms with E-state index in [0.717, 1.165) is 17.2 Å². The van der Waals surface area contributed by atoms with Crippen LogP contribution in [0, 0.1) is 5.92 Å². The van der Waals surface area contributed by atoms with Crippen LogP contribution in [-0.4, -0.2) is 42.3 Å². The molecule has 0 aliphatic heterocycles. The zero-order valence-corrected chi connectivity index (χ0v) is 17.4. The van der Waals surface area contributed by atoms with E-state index in [0.29, 0.717) is 6.42 Å². The summed E-state index contributed by atoms with van der Waals surface area (Å²) in [6.45, 7) is 0.371. The quantitative estimate of drug-likeness (QED) is 0.460. The van der Waals surface area contributed by atoms with Crippen molar-refractivity contribution in [1.29, 1.82) is 0 Å². The summed E-state index contributed by atoms with van der Waals surface area (Å²) in [5.74, 6) is -1.67. The van der Waals surface area contributed by atoms with Gasteiger partial charge in [-0.25, -0.2) is 9.59 Å². The third-order valence-electron chi connectivity index (χ3n) is 5.72. The molecular weight excluding hydrogens is 408 g/mol. The number of carboxylic acid groups (broad SMARTS) is 1. The number of carbonyl (C=O) groups excluding carboxylic acids is 2. The summed E-state index contributed by atoms with van der Waals surface area (Å²) >= 11 is 0. The Kier molecular flexibility index (Phi) is 6.35. The largest absolute Gasteiger partial charge is 0.478 e. The van der Waals surface area contributed by atoms with Gasteiger partial charge in [-0.3, -0.25) is 4.79 Å². The Bertz CT molecular complexity index is 1050. The molecule has 2 aliphatic carbocycles. The van der Waals surface area contributed by atoms with E-state index in [9.17, 15) is 14.4 Å². The average Bonchev–Trinajstić information content (AvgIpc) is 3.38. The maximum atomic E-state index is 12.4. The number of rotatable bonds is 7. The Morgan fingerprint density at radius 1 is 1.00 bits per heavy atom. The van der Waals surface area contributed by atoms with Gasteiger partial charge in [-0.05, 0) is 28.7 Å². The van der Waals surface area contributed by atoms with Crippen molar-refractivity contribution < 1.29 is 24.2 Å². The van der Waals surface area contributed by atoms with Crippen molar-refractivity contribution in [2.45, 2.75) is 18.4 Å². The Balaban J connectivity index is 1.27. The predicted octanol–water partition coefficient (Wildman–Crippen LogP) is 3.23. The van der Waals surface area contributed by atoms with Gasteiger partial charge in [0.2, 0.25) is 5.91 Å². The van der Waals surface area contributed by atoms with E-state index in [2.05, 4.69) is 34.9 Å². The molecule has 0 bridgehead atoms. The highest BCUT2D eigenvalue weighted by Crippen LogP contribution is 2.44. The van der Waals surface area contributed by atoms with Gasteiger partial charge in [-0.15, -0.1) is 0 Å². The molecule has 3 N–H and O–H groups in total. The molecule has 0 aromatic heterocycles. The van der Waals surface area contributed by atoms with E-state index < -0.39 is 12.1 Å². The molecule has 0 spiro atoms. The van der Waals surface area contributed by atoms with Crippen molar-refractivity contribution in [2.75, 3.05) is 13.2 Å². The minimum absolute atomic E-state index is 0.00958. The summed E-state index contributed by atoms with van der Waals surface area (Å²) in [5.41, 5.74) is 4.64. The molecule has 2 atom stereocenters. The number of benzene rings is 2. The lowest BCUT2D eigenvalue weighted by Crippen LogP contribution is -2.36. The lowest BCUT2D eigenvalue weighted by molar-refractivity contribution is -0.131. The molecule has 7 nitrogen and oxygen atoms in total. The number of hydrogen-bond acceptors (Lipinski definition) is 4. The highest BCUT2D eigenvalue weighted by molar-refractivity contribution is 5.82. The SMILES string of the molecule is O=C(O)/C=C/CNC(=O)C1C=CC(NC(=O)OCC2c3ccccc3-c3ccccc32)C1. The number of alkyl carbamates (subject to hydrolysis) is 1. The van der Waals surface area contributed by atoms with E-state index in [1.807, 2.05) is 24.3 Å². The number of ether oxygens (including phenoxy) is 1. The Labute approximate surface area is 185 Å². The fourth-order valence-corrected chi connectivity index (χ4v) is 4.24. The first-order chi connectivity index (χ1) is 15.5. The first kappa shape index (κ1) is 21.4. The molecule has 2 amide bonds. The van der Waals surface area contributed by atoms with Crippen LogP contribution in [0.3, 0.4) is 0 Å². The lowest BCUT2D eigenvalue weighted by Gasteiger charge is -2.17. The van der Waals surface area contributed by atoms with Gasteiger partial charge in [0.15, 0.2) is 0 Å². The molecule has 0 heterocycles. The van der Waals surface area contributed by atoms with Crippen LogP contribution in [0.25, 0.3) is 11.1 Å². The summed E-state index contributed by atoms with van der Waals surface area (Å²) in [5, 5.41) is 14.0. The second-order valence-electron chi connectivity index (χ2n) is 7.79. The molecule has 164 valence electrons. The molecule has 32 heavy (non-hydrogen) atoms. The van der Waals surface area contributed by atoms with E-state index in [1.54, 1.807) is 12.2 Å². The second kappa shape index (κ2) is 9.51. The monoisotopic (exact) mass is 432 g/mol. The number of hydrogen-bond donors (Lipinski definition) is 3. The summed E-state index contributed by atoms with van der Waals surface area (Å²) in [7, 11) is 0. The highest BCUT2D eigenvalue weighted by atomic mass is 16.5. The van der Waals surface area contributed by atoms with Crippen LogP contribution in [0.5, 0.6) is 0 Å². The fraction of sp³-hybridized carbons (Fsp3) is 0.240. The zero-order valence-electron chi connectivity index (χ0n) is 17.4. The van der Waals surface area contributed by atoms with Crippen molar-refractivity contribution in [1.82, 2.24) is 10.6 Å². The Morgan fingerprint density at radius 3 is 2.31 bits per heavy atom. The van der Waals surface area contributed by atoms with Gasteiger partial charge in [0.1, 0.15) is 6.61 Å². The van der Waals surface area contributed by atoms with Crippen LogP contribution in [0.1, 0.15) is 23.5 Å². The molecule has 4 rings (SSSR count). The molecule has 7 heteroatoms. The minimum atomic E-state index is -1.06. The van der Waals surface area contributed by atoms with Crippen LogP contribution in [0.4, 0.5) is 4.79 Å². The van der Waals surface area contributed by atoms with Crippen molar-refractivity contribution in [3.8, 4) is 11.1 Å². The Morgan fingerprint density at radius 2 is 1.66 bits per heavy atom. The standard InChI is InChI=1S/C25H24N2O5/c28-23(29)10-5-13-26-24(30)16-11-12-17(14-16)27-25(31)32-15-22-20-8-3-1-6-18(20)19-7-2-4-9-21(19)22/h1-12,16-17,22H,13-15H2,(H,26,30)(H,27,31)(H,28,29)/b10-5+. The molecule has 2 aliphatic rings. The van der Waals surface area contributed by atoms with Gasteiger partial charge in [-0.1, -0.05) is 66.8 Å². The van der Waals surface area contributed by atoms with Gasteiger partial charge in [-0.2, -0.15) is 0 Å². The lowest BCUT2D eigenvalue weighted by atomic mass is 9.98. The van der Waals surface area contributed by atoms with Crippen LogP contribution >= 0.6 is 0 Å². The second-order valence-corrected chi connectivity index (χ2v) is 7.79. The van der Waals surface area contributed by atoms with E-state index in [-0.39, 0.29) is 36.9 Å². The number of nitrogens with one attached hydrogen (secondary N) is 2. The van der Waals surface area contributed by atoms with Crippen LogP contribution in [0.15, 0.2) is 72.8 Å². The minimum Gasteiger partial charge on any atom is -0.478 e. The smallest absolute Gasteiger partial charge is 0.407 e. The van der Waals surface area contributed by atoms with Crippen LogP contribution in [0.2, 0.25) is 0 Å². The van der Waals surface area contributed by atoms with Gasteiger partial charge in [0.05, 0.1) is 12.0 Å². The summed E-state index contributed by atoms with van der Waals surface area (Å²) < 4.78 is 5.55. The van der Waals surface area contributed by atoms with Gasteiger partial charge >= 0.3 is 12.1 Å². The topological polar surface area (TPSA) is 105 Å². The van der Waals surface area contributed by atoms with Gasteiger partial charge < -0.3 is 20.5 Å². The van der Waals surface area contributed by atoms with Crippen molar-refractivity contribution in [3.63, 3.8) is 0 Å². The summed E-state index contributed by atoms with van der Waals surface area (Å²) in [6, 6.07) is 16.0. The number of carbonyl (C=O) groups is 3. The third kappa shape index (κ3) is 4.72. The van der Waals surface area contributed by atoms with Gasteiger partial charge in [0.25, 0.3) is 0 Å². The maximum absolute atomic E-state index is 12.4. The summed E-state index contributed by atoms with van der Waals surface area (Å²) in [6.07, 6.45) is 5.77. The molecule has 0 fully saturated rings. The third-order valence-corrected chi connectivity index (χ3v) is 5.72. The number of carboxylic acids is 1. The van der Waals surface area contributed by atoms with E-state index in [1.165, 1.54) is 17.2 Å². The zero-order chi connectivity index (χ0) is 22.5. The molecule has 2 aromatic rings. The summed E-state index contributed by atoms with van der Waals surface area (Å²) in [4.78, 5) is 35.0. The van der Waals surface area contributed by atoms with Crippen molar-refractivity contribution >= 4 is 18.0 Å². The van der Waals surface area contributed by atoms with E-state index in [4.69, 9.17) is 9.84 Å². The van der Waals surface area contributed by atoms with Gasteiger partial charge in [0, 0.05) is 18.5 Å². The van der Waals surface area contributed by atoms with Crippen molar-refractivity contribution in [2.24, 2.45) is 5.92 Å². The fourth-order valence-electron chi connectivity index (χ4n) is 4.24. The van der Waals surface area contributed by atoms with Crippen LogP contribution < -0.4 is 10.6 Å². The van der Waals surface area contributed by atoms with Crippen molar-refractivity contribution in [3.05, 3.63) is 84.0 Å². The number of fused-ring (bicyclic) bond motifs is 3. The first-order valence-electron chi connectivity index (χ1n) is 10.5. The first-order valence-corrected chi connectivity index (χ1v) is 10.5. The normalized spacial score (nSPS) is 18.9. The molecule has 0 radical (unpaired) electrons. The van der Waals surface area contributed by atoms with Crippen LogP contribution in [-0.2, 0) is 14.3 Å². The van der Waals surface area contributed by atoms with E-state index >= 15 is 0 Å². The maximum Gasteiger partial charge on any atom is 0.407 e. The molecule has 0 saturated carbocycles. The highest BCUT2D eigenvalue weighted by Gasteiger charge is 2.30. The Hall–Kier alpha value is -3.87. The molecular formula is C25H24N2O5. The number of amides is 2.